The molecule has 4 aliphatic rings. The van der Waals surface area contributed by atoms with Crippen molar-refractivity contribution in [2.24, 2.45) is 0 Å². The third-order valence-electron chi connectivity index (χ3n) is 6.90. The van der Waals surface area contributed by atoms with Crippen molar-refractivity contribution in [3.8, 4) is 5.95 Å². The average Bonchev–Trinajstić information content (AvgIpc) is 3.63. The molecule has 0 N–H and O–H groups in total. The number of halogens is 2. The summed E-state index contributed by atoms with van der Waals surface area (Å²) in [4.78, 5) is 22.6. The molecule has 1 aromatic carbocycles. The quantitative estimate of drug-likeness (QED) is 0.609. The van der Waals surface area contributed by atoms with E-state index >= 15 is 0 Å². The van der Waals surface area contributed by atoms with Crippen LogP contribution >= 0.6 is 0 Å². The molecule has 9 nitrogen and oxygen atoms in total. The number of aromatic nitrogens is 5. The highest BCUT2D eigenvalue weighted by Crippen LogP contribution is 2.35. The van der Waals surface area contributed by atoms with Gasteiger partial charge < -0.3 is 19.3 Å². The van der Waals surface area contributed by atoms with Crippen molar-refractivity contribution >= 4 is 22.9 Å². The smallest absolute Gasteiger partial charge is 0.296 e. The molecule has 4 saturated heterocycles. The number of ether oxygens (including phenoxy) is 2. The van der Waals surface area contributed by atoms with Gasteiger partial charge in [0.25, 0.3) is 6.43 Å². The fraction of sp³-hybridized carbons (Fsp3) is 0.524. The monoisotopic (exact) mass is 441 g/mol. The molecule has 0 amide bonds. The first-order chi connectivity index (χ1) is 15.6. The molecule has 3 aromatic rings. The van der Waals surface area contributed by atoms with Gasteiger partial charge in [-0.1, -0.05) is 12.1 Å². The first-order valence-electron chi connectivity index (χ1n) is 10.9. The van der Waals surface area contributed by atoms with Crippen molar-refractivity contribution in [1.82, 2.24) is 24.5 Å². The minimum Gasteiger partial charge on any atom is -0.374 e. The number of rotatable bonds is 4. The first kappa shape index (κ1) is 18.6. The molecule has 4 atom stereocenters. The van der Waals surface area contributed by atoms with E-state index < -0.39 is 6.43 Å². The summed E-state index contributed by atoms with van der Waals surface area (Å²) in [5.41, 5.74) is 1.03. The Labute approximate surface area is 182 Å². The van der Waals surface area contributed by atoms with Gasteiger partial charge in [-0.05, 0) is 25.0 Å². The number of benzene rings is 1. The Morgan fingerprint density at radius 2 is 1.41 bits per heavy atom. The lowest BCUT2D eigenvalue weighted by Crippen LogP contribution is -2.41. The minimum absolute atomic E-state index is 0.158. The highest BCUT2D eigenvalue weighted by atomic mass is 19.3. The van der Waals surface area contributed by atoms with E-state index in [-0.39, 0.29) is 36.1 Å². The SMILES string of the molecule is FC(F)c1nc2ccccc2n1-c1nc(N2CC3CC2CO3)nc(N2CC3CC2CO3)n1. The van der Waals surface area contributed by atoms with Crippen molar-refractivity contribution in [3.05, 3.63) is 30.1 Å². The lowest BCUT2D eigenvalue weighted by atomic mass is 10.2. The van der Waals surface area contributed by atoms with E-state index in [0.29, 0.717) is 49.2 Å². The van der Waals surface area contributed by atoms with Crippen LogP contribution < -0.4 is 9.80 Å². The minimum atomic E-state index is -2.77. The van der Waals surface area contributed by atoms with E-state index in [0.717, 1.165) is 12.8 Å². The van der Waals surface area contributed by atoms with E-state index in [4.69, 9.17) is 14.5 Å². The first-order valence-corrected chi connectivity index (χ1v) is 10.9. The summed E-state index contributed by atoms with van der Waals surface area (Å²) in [6, 6.07) is 7.43. The maximum atomic E-state index is 14.0. The molecule has 32 heavy (non-hydrogen) atoms. The standard InChI is InChI=1S/C21H21F2N7O2/c22-17(23)18-24-15-3-1-2-4-16(15)30(18)21-26-19(28-7-13-5-11(28)9-31-13)25-20(27-21)29-8-14-6-12(29)10-32-14/h1-4,11-14,17H,5-10H2. The predicted octanol–water partition coefficient (Wildman–Crippen LogP) is 2.10. The summed E-state index contributed by atoms with van der Waals surface area (Å²) in [6.07, 6.45) is -0.598. The van der Waals surface area contributed by atoms with Crippen LogP contribution in [0.3, 0.4) is 0 Å². The summed E-state index contributed by atoms with van der Waals surface area (Å²) < 4.78 is 40.8. The lowest BCUT2D eigenvalue weighted by molar-refractivity contribution is 0.0980. The zero-order valence-corrected chi connectivity index (χ0v) is 17.1. The lowest BCUT2D eigenvalue weighted by Gasteiger charge is -2.30. The Morgan fingerprint density at radius 1 is 0.812 bits per heavy atom. The molecule has 0 radical (unpaired) electrons. The zero-order chi connectivity index (χ0) is 21.4. The van der Waals surface area contributed by atoms with Crippen LogP contribution in [-0.4, -0.2) is 75.1 Å². The Morgan fingerprint density at radius 3 is 1.94 bits per heavy atom. The number of alkyl halides is 2. The second-order valence-electron chi connectivity index (χ2n) is 8.82. The van der Waals surface area contributed by atoms with Crippen molar-refractivity contribution in [1.29, 1.82) is 0 Å². The third-order valence-corrected chi connectivity index (χ3v) is 6.90. The summed E-state index contributed by atoms with van der Waals surface area (Å²) in [5, 5.41) is 0. The molecule has 0 saturated carbocycles. The normalized spacial score (nSPS) is 28.7. The fourth-order valence-electron chi connectivity index (χ4n) is 5.39. The topological polar surface area (TPSA) is 81.4 Å². The molecule has 11 heteroatoms. The van der Waals surface area contributed by atoms with Crippen LogP contribution in [0, 0.1) is 0 Å². The molecule has 2 aromatic heterocycles. The van der Waals surface area contributed by atoms with Crippen molar-refractivity contribution in [3.63, 3.8) is 0 Å². The number of hydrogen-bond acceptors (Lipinski definition) is 8. The Hall–Kier alpha value is -2.92. The second kappa shape index (κ2) is 6.79. The van der Waals surface area contributed by atoms with Crippen LogP contribution in [0.15, 0.2) is 24.3 Å². The molecule has 166 valence electrons. The van der Waals surface area contributed by atoms with Gasteiger partial charge in [0.05, 0.1) is 48.5 Å². The summed E-state index contributed by atoms with van der Waals surface area (Å²) in [5.74, 6) is 0.804. The second-order valence-corrected chi connectivity index (χ2v) is 8.82. The van der Waals surface area contributed by atoms with Crippen molar-refractivity contribution < 1.29 is 18.3 Å². The maximum Gasteiger partial charge on any atom is 0.296 e. The van der Waals surface area contributed by atoms with Crippen LogP contribution in [0.25, 0.3) is 17.0 Å². The van der Waals surface area contributed by atoms with Gasteiger partial charge in [-0.15, -0.1) is 0 Å². The van der Waals surface area contributed by atoms with Gasteiger partial charge in [-0.2, -0.15) is 15.0 Å². The third kappa shape index (κ3) is 2.73. The van der Waals surface area contributed by atoms with E-state index in [1.54, 1.807) is 24.3 Å². The number of anilines is 2. The number of morpholine rings is 2. The summed E-state index contributed by atoms with van der Waals surface area (Å²) in [6.45, 7) is 2.63. The molecule has 0 aliphatic carbocycles. The Kier molecular flexibility index (Phi) is 3.95. The van der Waals surface area contributed by atoms with Crippen LogP contribution in [0.5, 0.6) is 0 Å². The number of nitrogens with zero attached hydrogens (tertiary/aromatic N) is 7. The van der Waals surface area contributed by atoms with E-state index in [1.807, 2.05) is 0 Å². The van der Waals surface area contributed by atoms with E-state index in [9.17, 15) is 8.78 Å². The van der Waals surface area contributed by atoms with Crippen molar-refractivity contribution in [2.45, 2.75) is 43.6 Å². The molecule has 6 heterocycles. The molecule has 4 fully saturated rings. The Bertz CT molecular complexity index is 1160. The van der Waals surface area contributed by atoms with Gasteiger partial charge in [0, 0.05) is 13.1 Å². The molecule has 0 spiro atoms. The van der Waals surface area contributed by atoms with Gasteiger partial charge in [-0.25, -0.2) is 13.8 Å². The molecule has 4 unspecified atom stereocenters. The summed E-state index contributed by atoms with van der Waals surface area (Å²) in [7, 11) is 0. The van der Waals surface area contributed by atoms with Crippen LogP contribution in [0.1, 0.15) is 25.1 Å². The van der Waals surface area contributed by atoms with Crippen LogP contribution in [0.4, 0.5) is 20.7 Å². The van der Waals surface area contributed by atoms with Crippen molar-refractivity contribution in [2.75, 3.05) is 36.1 Å². The average molecular weight is 441 g/mol. The number of imidazole rings is 1. The van der Waals surface area contributed by atoms with Gasteiger partial charge in [0.1, 0.15) is 0 Å². The van der Waals surface area contributed by atoms with E-state index in [2.05, 4.69) is 24.8 Å². The van der Waals surface area contributed by atoms with Gasteiger partial charge in [0.2, 0.25) is 17.8 Å². The highest BCUT2D eigenvalue weighted by molar-refractivity contribution is 5.77. The molecule has 4 bridgehead atoms. The maximum absolute atomic E-state index is 14.0. The molecule has 7 rings (SSSR count). The van der Waals surface area contributed by atoms with Crippen LogP contribution in [0.2, 0.25) is 0 Å². The molecular formula is C21H21F2N7O2. The highest BCUT2D eigenvalue weighted by Gasteiger charge is 2.43. The molecular weight excluding hydrogens is 420 g/mol. The summed E-state index contributed by atoms with van der Waals surface area (Å²) >= 11 is 0. The van der Waals surface area contributed by atoms with Gasteiger partial charge in [0.15, 0.2) is 5.82 Å². The fourth-order valence-corrected chi connectivity index (χ4v) is 5.39. The van der Waals surface area contributed by atoms with Gasteiger partial charge >= 0.3 is 0 Å². The van der Waals surface area contributed by atoms with Gasteiger partial charge in [-0.3, -0.25) is 4.57 Å². The predicted molar refractivity (Wildman–Crippen MR) is 110 cm³/mol. The van der Waals surface area contributed by atoms with E-state index in [1.165, 1.54) is 4.57 Å². The molecule has 4 aliphatic heterocycles. The number of hydrogen-bond donors (Lipinski definition) is 0. The largest absolute Gasteiger partial charge is 0.374 e. The number of fused-ring (bicyclic) bond motifs is 5. The van der Waals surface area contributed by atoms with Crippen LogP contribution in [-0.2, 0) is 9.47 Å². The number of para-hydroxylation sites is 2. The Balaban J connectivity index is 1.41. The zero-order valence-electron chi connectivity index (χ0n) is 17.1.